The van der Waals surface area contributed by atoms with Crippen molar-refractivity contribution in [1.82, 2.24) is 0 Å². The topological polar surface area (TPSA) is 6.48 Å². The van der Waals surface area contributed by atoms with Crippen LogP contribution in [-0.2, 0) is 0 Å². The van der Waals surface area contributed by atoms with E-state index in [1.807, 2.05) is 0 Å². The second kappa shape index (κ2) is 11.9. The average molecular weight is 621 g/mol. The van der Waals surface area contributed by atoms with Gasteiger partial charge in [-0.25, -0.2) is 0 Å². The Morgan fingerprint density at radius 3 is 0.915 bits per heavy atom. The molecule has 0 bridgehead atoms. The van der Waals surface area contributed by atoms with Crippen LogP contribution in [0.25, 0.3) is 22.3 Å². The average Bonchev–Trinajstić information content (AvgIpc) is 3.21. The summed E-state index contributed by atoms with van der Waals surface area (Å²) in [4.78, 5) is 4.76. The van der Waals surface area contributed by atoms with E-state index in [4.69, 9.17) is 0 Å². The molecule has 8 rings (SSSR count). The molecular formula is C44H36N2Si. The number of fused-ring (bicyclic) bond motifs is 5. The lowest BCUT2D eigenvalue weighted by molar-refractivity contribution is 1.28. The summed E-state index contributed by atoms with van der Waals surface area (Å²) >= 11 is 0. The molecule has 0 spiro atoms. The van der Waals surface area contributed by atoms with Crippen LogP contribution in [0.1, 0.15) is 0 Å². The maximum atomic E-state index is 2.52. The van der Waals surface area contributed by atoms with Crippen LogP contribution in [0.2, 0.25) is 13.1 Å². The highest BCUT2D eigenvalue weighted by atomic mass is 28.3. The van der Waals surface area contributed by atoms with Crippen LogP contribution < -0.4 is 20.2 Å². The van der Waals surface area contributed by atoms with Gasteiger partial charge in [-0.05, 0) is 105 Å². The lowest BCUT2D eigenvalue weighted by Gasteiger charge is -2.32. The van der Waals surface area contributed by atoms with Crippen molar-refractivity contribution in [1.29, 1.82) is 0 Å². The number of nitrogens with zero attached hydrogens (tertiary/aromatic N) is 2. The molecule has 1 heterocycles. The number of para-hydroxylation sites is 4. The van der Waals surface area contributed by atoms with E-state index in [9.17, 15) is 0 Å². The normalized spacial score (nSPS) is 12.6. The third-order valence-corrected chi connectivity index (χ3v) is 13.0. The second-order valence-electron chi connectivity index (χ2n) is 12.6. The number of benzene rings is 7. The smallest absolute Gasteiger partial charge is 0.114 e. The number of hydrogen-bond donors (Lipinski definition) is 0. The number of anilines is 6. The molecule has 0 unspecified atom stereocenters. The predicted molar refractivity (Wildman–Crippen MR) is 203 cm³/mol. The molecule has 2 nitrogen and oxygen atoms in total. The molecule has 0 radical (unpaired) electrons. The molecule has 1 aliphatic heterocycles. The SMILES string of the molecule is C[Si]1(C)c2cc(N(c3ccccc3)c3ccccc3)ccc2-c2ccccc2-c2ccc(N(c3ccccc3)c3ccccc3)cc21. The van der Waals surface area contributed by atoms with Crippen LogP contribution >= 0.6 is 0 Å². The maximum Gasteiger partial charge on any atom is 0.114 e. The molecule has 226 valence electrons. The summed E-state index contributed by atoms with van der Waals surface area (Å²) in [6, 6.07) is 66.1. The van der Waals surface area contributed by atoms with Gasteiger partial charge in [-0.2, -0.15) is 0 Å². The molecule has 1 aliphatic rings. The molecule has 0 atom stereocenters. The maximum absolute atomic E-state index is 2.52. The first-order valence-electron chi connectivity index (χ1n) is 16.3. The fourth-order valence-electron chi connectivity index (χ4n) is 7.15. The van der Waals surface area contributed by atoms with Gasteiger partial charge in [0.2, 0.25) is 0 Å². The van der Waals surface area contributed by atoms with Crippen molar-refractivity contribution < 1.29 is 0 Å². The Balaban J connectivity index is 1.35. The molecule has 0 saturated carbocycles. The molecule has 0 aromatic heterocycles. The molecule has 7 aromatic rings. The van der Waals surface area contributed by atoms with Gasteiger partial charge in [0.1, 0.15) is 8.07 Å². The van der Waals surface area contributed by atoms with Crippen molar-refractivity contribution in [2.24, 2.45) is 0 Å². The fraction of sp³-hybridized carbons (Fsp3) is 0.0455. The minimum absolute atomic E-state index is 1.15. The van der Waals surface area contributed by atoms with Gasteiger partial charge in [0.25, 0.3) is 0 Å². The van der Waals surface area contributed by atoms with Crippen molar-refractivity contribution in [2.45, 2.75) is 13.1 Å². The van der Waals surface area contributed by atoms with Crippen molar-refractivity contribution in [2.75, 3.05) is 9.80 Å². The zero-order valence-electron chi connectivity index (χ0n) is 26.7. The van der Waals surface area contributed by atoms with Crippen LogP contribution in [0.15, 0.2) is 182 Å². The highest BCUT2D eigenvalue weighted by Crippen LogP contribution is 2.41. The molecule has 0 aliphatic carbocycles. The summed E-state index contributed by atoms with van der Waals surface area (Å²) < 4.78 is 0. The third-order valence-electron chi connectivity index (χ3n) is 9.43. The van der Waals surface area contributed by atoms with Gasteiger partial charge in [-0.3, -0.25) is 0 Å². The lowest BCUT2D eigenvalue weighted by Crippen LogP contribution is -2.53. The summed E-state index contributed by atoms with van der Waals surface area (Å²) in [6.07, 6.45) is 0. The van der Waals surface area contributed by atoms with Crippen molar-refractivity contribution >= 4 is 52.6 Å². The first-order valence-corrected chi connectivity index (χ1v) is 19.3. The highest BCUT2D eigenvalue weighted by molar-refractivity contribution is 7.02. The first-order chi connectivity index (χ1) is 23.1. The van der Waals surface area contributed by atoms with Crippen LogP contribution in [0.3, 0.4) is 0 Å². The molecule has 3 heteroatoms. The van der Waals surface area contributed by atoms with Crippen molar-refractivity contribution in [3.63, 3.8) is 0 Å². The molecule has 0 saturated heterocycles. The van der Waals surface area contributed by atoms with Crippen LogP contribution in [0.5, 0.6) is 0 Å². The van der Waals surface area contributed by atoms with Crippen molar-refractivity contribution in [3.05, 3.63) is 182 Å². The summed E-state index contributed by atoms with van der Waals surface area (Å²) in [5.74, 6) is 0. The molecular weight excluding hydrogens is 585 g/mol. The summed E-state index contributed by atoms with van der Waals surface area (Å²) in [5.41, 5.74) is 12.2. The zero-order valence-corrected chi connectivity index (χ0v) is 27.7. The van der Waals surface area contributed by atoms with Gasteiger partial charge in [0, 0.05) is 34.1 Å². The monoisotopic (exact) mass is 620 g/mol. The Bertz CT molecular complexity index is 1930. The van der Waals surface area contributed by atoms with E-state index in [-0.39, 0.29) is 0 Å². The van der Waals surface area contributed by atoms with Gasteiger partial charge in [-0.15, -0.1) is 0 Å². The summed E-state index contributed by atoms with van der Waals surface area (Å²) in [6.45, 7) is 5.05. The standard InChI is InChI=1S/C44H36N2Si/c1-47(2)43-31-37(45(33-17-7-3-8-18-33)34-19-9-4-10-20-34)27-29-41(43)39-25-15-16-26-40(39)42-30-28-38(32-44(42)47)46(35-21-11-5-12-22-35)36-23-13-6-14-24-36/h3-32H,1-2H3. The van der Waals surface area contributed by atoms with E-state index in [0.29, 0.717) is 0 Å². The van der Waals surface area contributed by atoms with E-state index in [1.54, 1.807) is 0 Å². The van der Waals surface area contributed by atoms with Crippen LogP contribution in [0, 0.1) is 0 Å². The second-order valence-corrected chi connectivity index (χ2v) is 17.0. The van der Waals surface area contributed by atoms with E-state index in [1.165, 1.54) is 44.0 Å². The Morgan fingerprint density at radius 1 is 0.298 bits per heavy atom. The lowest BCUT2D eigenvalue weighted by atomic mass is 9.94. The summed E-state index contributed by atoms with van der Waals surface area (Å²) in [7, 11) is -2.29. The minimum Gasteiger partial charge on any atom is -0.311 e. The molecule has 7 aromatic carbocycles. The minimum atomic E-state index is -2.29. The van der Waals surface area contributed by atoms with Crippen molar-refractivity contribution in [3.8, 4) is 22.3 Å². The van der Waals surface area contributed by atoms with E-state index < -0.39 is 8.07 Å². The van der Waals surface area contributed by atoms with E-state index >= 15 is 0 Å². The molecule has 0 amide bonds. The first kappa shape index (κ1) is 28.8. The highest BCUT2D eigenvalue weighted by Gasteiger charge is 2.36. The van der Waals surface area contributed by atoms with E-state index in [2.05, 4.69) is 205 Å². The molecule has 0 fully saturated rings. The summed E-state index contributed by atoms with van der Waals surface area (Å²) in [5, 5.41) is 2.89. The van der Waals surface area contributed by atoms with E-state index in [0.717, 1.165) is 22.7 Å². The molecule has 0 N–H and O–H groups in total. The van der Waals surface area contributed by atoms with Crippen LogP contribution in [-0.4, -0.2) is 8.07 Å². The van der Waals surface area contributed by atoms with Gasteiger partial charge < -0.3 is 9.80 Å². The van der Waals surface area contributed by atoms with Gasteiger partial charge >= 0.3 is 0 Å². The Morgan fingerprint density at radius 2 is 0.596 bits per heavy atom. The fourth-order valence-corrected chi connectivity index (χ4v) is 10.2. The Labute approximate surface area is 278 Å². The predicted octanol–water partition coefficient (Wildman–Crippen LogP) is 11.1. The Kier molecular flexibility index (Phi) is 7.32. The quantitative estimate of drug-likeness (QED) is 0.171. The Hall–Kier alpha value is -5.64. The number of rotatable bonds is 6. The van der Waals surface area contributed by atoms with Gasteiger partial charge in [-0.1, -0.05) is 122 Å². The largest absolute Gasteiger partial charge is 0.311 e. The van der Waals surface area contributed by atoms with Gasteiger partial charge in [0.05, 0.1) is 0 Å². The van der Waals surface area contributed by atoms with Crippen LogP contribution in [0.4, 0.5) is 34.1 Å². The number of hydrogen-bond acceptors (Lipinski definition) is 2. The third kappa shape index (κ3) is 5.15. The zero-order chi connectivity index (χ0) is 31.8. The molecule has 47 heavy (non-hydrogen) atoms. The van der Waals surface area contributed by atoms with Gasteiger partial charge in [0.15, 0.2) is 0 Å².